The van der Waals surface area contributed by atoms with Crippen molar-refractivity contribution in [2.45, 2.75) is 44.7 Å². The van der Waals surface area contributed by atoms with Crippen LogP contribution < -0.4 is 10.5 Å². The van der Waals surface area contributed by atoms with E-state index in [0.717, 1.165) is 0 Å². The number of carbonyl (C=O) groups excluding carboxylic acids is 1. The van der Waals surface area contributed by atoms with E-state index < -0.39 is 29.9 Å². The number of rotatable bonds is 4. The van der Waals surface area contributed by atoms with Gasteiger partial charge in [-0.25, -0.2) is 4.79 Å². The van der Waals surface area contributed by atoms with Crippen LogP contribution >= 0.6 is 0 Å². The predicted molar refractivity (Wildman–Crippen MR) is 70.7 cm³/mol. The van der Waals surface area contributed by atoms with Gasteiger partial charge in [0, 0.05) is 0 Å². The summed E-state index contributed by atoms with van der Waals surface area (Å²) in [7, 11) is 0. The fourth-order valence-electron chi connectivity index (χ4n) is 1.45. The molecule has 4 nitrogen and oxygen atoms in total. The van der Waals surface area contributed by atoms with Crippen LogP contribution in [0.15, 0.2) is 30.3 Å². The molecule has 0 bridgehead atoms. The number of halogens is 3. The summed E-state index contributed by atoms with van der Waals surface area (Å²) in [6.45, 7) is 4.64. The topological polar surface area (TPSA) is 61.5 Å². The Labute approximate surface area is 121 Å². The smallest absolute Gasteiger partial charge is 0.407 e. The minimum absolute atomic E-state index is 0.105. The monoisotopic (exact) mass is 305 g/mol. The lowest BCUT2D eigenvalue weighted by atomic mass is 10.1. The number of esters is 1. The number of hydrogen-bond donors (Lipinski definition) is 1. The minimum atomic E-state index is -4.78. The Kier molecular flexibility index (Phi) is 5.22. The van der Waals surface area contributed by atoms with E-state index in [0.29, 0.717) is 0 Å². The number of ether oxygens (including phenoxy) is 2. The van der Waals surface area contributed by atoms with Crippen LogP contribution in [-0.2, 0) is 9.53 Å². The summed E-state index contributed by atoms with van der Waals surface area (Å²) in [4.78, 5) is 11.9. The fourth-order valence-corrected chi connectivity index (χ4v) is 1.45. The molecule has 0 saturated heterocycles. The van der Waals surface area contributed by atoms with Crippen molar-refractivity contribution in [1.29, 1.82) is 0 Å². The van der Waals surface area contributed by atoms with Crippen LogP contribution in [0.2, 0.25) is 0 Å². The summed E-state index contributed by atoms with van der Waals surface area (Å²) in [5, 5.41) is 0. The number of alkyl halides is 3. The van der Waals surface area contributed by atoms with Crippen LogP contribution in [0.25, 0.3) is 0 Å². The van der Waals surface area contributed by atoms with Gasteiger partial charge in [0.25, 0.3) is 0 Å². The first-order chi connectivity index (χ1) is 9.50. The number of para-hydroxylation sites is 1. The largest absolute Gasteiger partial charge is 0.477 e. The summed E-state index contributed by atoms with van der Waals surface area (Å²) >= 11 is 0. The van der Waals surface area contributed by atoms with Crippen molar-refractivity contribution in [1.82, 2.24) is 0 Å². The van der Waals surface area contributed by atoms with E-state index in [1.807, 2.05) is 0 Å². The molecule has 1 aromatic rings. The van der Waals surface area contributed by atoms with Gasteiger partial charge in [0.2, 0.25) is 6.10 Å². The number of nitrogens with two attached hydrogens (primary N) is 1. The maximum Gasteiger partial charge on any atom is 0.407 e. The lowest BCUT2D eigenvalue weighted by molar-refractivity contribution is -0.189. The molecule has 0 radical (unpaired) electrons. The summed E-state index contributed by atoms with van der Waals surface area (Å²) in [5.74, 6) is -1.05. The van der Waals surface area contributed by atoms with Gasteiger partial charge in [-0.05, 0) is 32.9 Å². The van der Waals surface area contributed by atoms with E-state index in [4.69, 9.17) is 15.2 Å². The van der Waals surface area contributed by atoms with E-state index in [2.05, 4.69) is 0 Å². The molecule has 118 valence electrons. The third kappa shape index (κ3) is 5.63. The van der Waals surface area contributed by atoms with Crippen LogP contribution in [0.4, 0.5) is 13.2 Å². The Hall–Kier alpha value is -1.76. The Bertz CT molecular complexity index is 469. The molecule has 0 saturated carbocycles. The van der Waals surface area contributed by atoms with Crippen LogP contribution in [0.1, 0.15) is 20.8 Å². The molecule has 0 aromatic heterocycles. The molecule has 0 unspecified atom stereocenters. The molecule has 0 aliphatic heterocycles. The highest BCUT2D eigenvalue weighted by molar-refractivity contribution is 5.76. The Morgan fingerprint density at radius 1 is 1.14 bits per heavy atom. The standard InChI is InChI=1S/C14H18F3NO3/c1-13(2,3)21-12(19)10(11(18)14(15,16)17)20-9-7-5-4-6-8-9/h4-8,10-11H,18H2,1-3H3/t10-,11-/m0/s1. The van der Waals surface area contributed by atoms with E-state index >= 15 is 0 Å². The van der Waals surface area contributed by atoms with Gasteiger partial charge < -0.3 is 15.2 Å². The molecule has 0 amide bonds. The molecular weight excluding hydrogens is 287 g/mol. The fraction of sp³-hybridized carbons (Fsp3) is 0.500. The SMILES string of the molecule is CC(C)(C)OC(=O)[C@@H](Oc1ccccc1)[C@H](N)C(F)(F)F. The van der Waals surface area contributed by atoms with Gasteiger partial charge in [-0.15, -0.1) is 0 Å². The molecule has 1 rings (SSSR count). The molecule has 0 aliphatic rings. The first-order valence-corrected chi connectivity index (χ1v) is 6.27. The van der Waals surface area contributed by atoms with Gasteiger partial charge >= 0.3 is 12.1 Å². The molecule has 21 heavy (non-hydrogen) atoms. The molecule has 0 aliphatic carbocycles. The van der Waals surface area contributed by atoms with Gasteiger partial charge in [-0.3, -0.25) is 0 Å². The average Bonchev–Trinajstić information content (AvgIpc) is 2.33. The van der Waals surface area contributed by atoms with E-state index in [9.17, 15) is 18.0 Å². The zero-order valence-corrected chi connectivity index (χ0v) is 12.0. The zero-order valence-electron chi connectivity index (χ0n) is 12.0. The van der Waals surface area contributed by atoms with E-state index in [-0.39, 0.29) is 5.75 Å². The van der Waals surface area contributed by atoms with Crippen molar-refractivity contribution in [2.24, 2.45) is 5.73 Å². The lowest BCUT2D eigenvalue weighted by Crippen LogP contribution is -2.54. The third-order valence-corrected chi connectivity index (χ3v) is 2.35. The highest BCUT2D eigenvalue weighted by Gasteiger charge is 2.48. The van der Waals surface area contributed by atoms with E-state index in [1.165, 1.54) is 12.1 Å². The molecule has 7 heteroatoms. The second kappa shape index (κ2) is 6.34. The number of benzene rings is 1. The van der Waals surface area contributed by atoms with Gasteiger partial charge in [0.1, 0.15) is 17.4 Å². The molecule has 0 heterocycles. The second-order valence-electron chi connectivity index (χ2n) is 5.45. The minimum Gasteiger partial charge on any atom is -0.477 e. The summed E-state index contributed by atoms with van der Waals surface area (Å²) in [6.07, 6.45) is -6.75. The Morgan fingerprint density at radius 2 is 1.67 bits per heavy atom. The van der Waals surface area contributed by atoms with Crippen LogP contribution in [-0.4, -0.2) is 29.9 Å². The van der Waals surface area contributed by atoms with Crippen molar-refractivity contribution in [2.75, 3.05) is 0 Å². The summed E-state index contributed by atoms with van der Waals surface area (Å²) in [6, 6.07) is 5.19. The first kappa shape index (κ1) is 17.3. The number of carbonyl (C=O) groups is 1. The second-order valence-corrected chi connectivity index (χ2v) is 5.45. The van der Waals surface area contributed by atoms with Crippen molar-refractivity contribution in [3.05, 3.63) is 30.3 Å². The highest BCUT2D eigenvalue weighted by atomic mass is 19.4. The van der Waals surface area contributed by atoms with E-state index in [1.54, 1.807) is 39.0 Å². The van der Waals surface area contributed by atoms with Gasteiger partial charge in [-0.2, -0.15) is 13.2 Å². The van der Waals surface area contributed by atoms with Crippen molar-refractivity contribution >= 4 is 5.97 Å². The normalized spacial score (nSPS) is 15.2. The van der Waals surface area contributed by atoms with Crippen molar-refractivity contribution in [3.63, 3.8) is 0 Å². The van der Waals surface area contributed by atoms with Crippen molar-refractivity contribution in [3.8, 4) is 5.75 Å². The molecule has 0 fully saturated rings. The number of hydrogen-bond acceptors (Lipinski definition) is 4. The van der Waals surface area contributed by atoms with Crippen LogP contribution in [0.5, 0.6) is 5.75 Å². The summed E-state index contributed by atoms with van der Waals surface area (Å²) in [5.41, 5.74) is 4.17. The molecule has 1 aromatic carbocycles. The maximum atomic E-state index is 12.8. The van der Waals surface area contributed by atoms with Crippen molar-refractivity contribution < 1.29 is 27.4 Å². The highest BCUT2D eigenvalue weighted by Crippen LogP contribution is 2.25. The maximum absolute atomic E-state index is 12.8. The van der Waals surface area contributed by atoms with Crippen LogP contribution in [0, 0.1) is 0 Å². The van der Waals surface area contributed by atoms with Gasteiger partial charge in [0.15, 0.2) is 0 Å². The lowest BCUT2D eigenvalue weighted by Gasteiger charge is -2.28. The first-order valence-electron chi connectivity index (χ1n) is 6.27. The molecule has 2 atom stereocenters. The third-order valence-electron chi connectivity index (χ3n) is 2.35. The molecule has 0 spiro atoms. The molecular formula is C14H18F3NO3. The van der Waals surface area contributed by atoms with Crippen LogP contribution in [0.3, 0.4) is 0 Å². The zero-order chi connectivity index (χ0) is 16.3. The quantitative estimate of drug-likeness (QED) is 0.869. The van der Waals surface area contributed by atoms with Gasteiger partial charge in [-0.1, -0.05) is 18.2 Å². The van der Waals surface area contributed by atoms with Gasteiger partial charge in [0.05, 0.1) is 0 Å². The molecule has 2 N–H and O–H groups in total. The summed E-state index contributed by atoms with van der Waals surface area (Å²) < 4.78 is 48.4. The predicted octanol–water partition coefficient (Wildman–Crippen LogP) is 2.67. The average molecular weight is 305 g/mol. The Morgan fingerprint density at radius 3 is 2.10 bits per heavy atom. The Balaban J connectivity index is 2.97.